The summed E-state index contributed by atoms with van der Waals surface area (Å²) in [5.41, 5.74) is 2.26. The maximum atomic E-state index is 12.4. The second-order valence-electron chi connectivity index (χ2n) is 6.23. The molecule has 0 bridgehead atoms. The number of ether oxygens (including phenoxy) is 1. The predicted molar refractivity (Wildman–Crippen MR) is 103 cm³/mol. The number of rotatable bonds is 7. The van der Waals surface area contributed by atoms with Gasteiger partial charge in [-0.3, -0.25) is 9.59 Å². The second-order valence-corrected chi connectivity index (χ2v) is 6.23. The number of benzene rings is 2. The Bertz CT molecular complexity index is 945. The number of amides is 1. The van der Waals surface area contributed by atoms with Crippen LogP contribution in [0.25, 0.3) is 0 Å². The normalized spacial score (nSPS) is 10.4. The van der Waals surface area contributed by atoms with E-state index in [0.717, 1.165) is 11.3 Å². The number of ketones is 1. The molecule has 3 aromatic rings. The van der Waals surface area contributed by atoms with Crippen molar-refractivity contribution in [1.82, 2.24) is 9.55 Å². The molecule has 0 spiro atoms. The Labute approximate surface area is 157 Å². The average molecular weight is 363 g/mol. The average Bonchev–Trinajstić information content (AvgIpc) is 3.08. The number of carbonyl (C=O) groups is 2. The number of nitrogens with zero attached hydrogens (tertiary/aromatic N) is 2. The Morgan fingerprint density at radius 1 is 1.15 bits per heavy atom. The molecular weight excluding hydrogens is 342 g/mol. The zero-order valence-electron chi connectivity index (χ0n) is 15.3. The van der Waals surface area contributed by atoms with Gasteiger partial charge in [-0.1, -0.05) is 12.1 Å². The van der Waals surface area contributed by atoms with Crippen LogP contribution in [0.4, 0.5) is 5.69 Å². The highest BCUT2D eigenvalue weighted by Crippen LogP contribution is 2.14. The van der Waals surface area contributed by atoms with E-state index in [1.807, 2.05) is 31.2 Å². The first-order chi connectivity index (χ1) is 13.0. The molecule has 0 aliphatic rings. The number of carbonyl (C=O) groups excluding carboxylic acids is 2. The van der Waals surface area contributed by atoms with Gasteiger partial charge in [-0.15, -0.1) is 0 Å². The van der Waals surface area contributed by atoms with Gasteiger partial charge in [0.05, 0.1) is 13.0 Å². The van der Waals surface area contributed by atoms with Crippen molar-refractivity contribution in [2.45, 2.75) is 13.3 Å². The Kier molecular flexibility index (Phi) is 5.66. The lowest BCUT2D eigenvalue weighted by Crippen LogP contribution is -2.15. The van der Waals surface area contributed by atoms with Gasteiger partial charge >= 0.3 is 0 Å². The smallest absolute Gasteiger partial charge is 0.228 e. The molecule has 138 valence electrons. The van der Waals surface area contributed by atoms with Gasteiger partial charge in [-0.05, 0) is 48.9 Å². The minimum atomic E-state index is -0.160. The van der Waals surface area contributed by atoms with Gasteiger partial charge in [-0.25, -0.2) is 4.98 Å². The lowest BCUT2D eigenvalue weighted by molar-refractivity contribution is -0.116. The monoisotopic (exact) mass is 363 g/mol. The van der Waals surface area contributed by atoms with Crippen molar-refractivity contribution in [2.24, 2.45) is 7.05 Å². The summed E-state index contributed by atoms with van der Waals surface area (Å²) in [6.07, 6.45) is 3.54. The molecule has 0 fully saturated rings. The first kappa shape index (κ1) is 18.4. The largest absolute Gasteiger partial charge is 0.493 e. The van der Waals surface area contributed by atoms with Crippen molar-refractivity contribution in [1.29, 1.82) is 0 Å². The third-order valence-electron chi connectivity index (χ3n) is 4.04. The van der Waals surface area contributed by atoms with Gasteiger partial charge in [0.25, 0.3) is 0 Å². The van der Waals surface area contributed by atoms with E-state index in [2.05, 4.69) is 10.3 Å². The fraction of sp³-hybridized carbons (Fsp3) is 0.190. The molecule has 0 aliphatic heterocycles. The molecule has 0 atom stereocenters. The molecule has 6 heteroatoms. The number of nitrogens with one attached hydrogen (secondary N) is 1. The molecule has 2 aromatic carbocycles. The van der Waals surface area contributed by atoms with E-state index in [1.54, 1.807) is 48.3 Å². The van der Waals surface area contributed by atoms with Gasteiger partial charge < -0.3 is 14.6 Å². The highest BCUT2D eigenvalue weighted by atomic mass is 16.5. The number of hydrogen-bond acceptors (Lipinski definition) is 4. The van der Waals surface area contributed by atoms with Crippen LogP contribution in [-0.4, -0.2) is 27.8 Å². The van der Waals surface area contributed by atoms with Crippen molar-refractivity contribution in [3.63, 3.8) is 0 Å². The van der Waals surface area contributed by atoms with Crippen LogP contribution in [0.5, 0.6) is 5.75 Å². The molecule has 0 radical (unpaired) electrons. The van der Waals surface area contributed by atoms with Crippen LogP contribution in [-0.2, 0) is 11.8 Å². The Balaban J connectivity index is 1.51. The van der Waals surface area contributed by atoms with Crippen LogP contribution in [0.3, 0.4) is 0 Å². The van der Waals surface area contributed by atoms with Crippen LogP contribution < -0.4 is 10.1 Å². The topological polar surface area (TPSA) is 73.2 Å². The van der Waals surface area contributed by atoms with E-state index >= 15 is 0 Å². The summed E-state index contributed by atoms with van der Waals surface area (Å²) in [5, 5.41) is 2.80. The molecule has 1 amide bonds. The fourth-order valence-corrected chi connectivity index (χ4v) is 2.61. The van der Waals surface area contributed by atoms with Crippen LogP contribution in [0.1, 0.15) is 28.2 Å². The highest BCUT2D eigenvalue weighted by molar-refractivity contribution is 6.07. The summed E-state index contributed by atoms with van der Waals surface area (Å²) in [6.45, 7) is 2.28. The molecule has 0 saturated heterocycles. The molecule has 1 aromatic heterocycles. The van der Waals surface area contributed by atoms with Crippen LogP contribution in [0.2, 0.25) is 0 Å². The van der Waals surface area contributed by atoms with Gasteiger partial charge in [0.15, 0.2) is 5.82 Å². The molecule has 0 unspecified atom stereocenters. The lowest BCUT2D eigenvalue weighted by atomic mass is 10.1. The van der Waals surface area contributed by atoms with Crippen LogP contribution >= 0.6 is 0 Å². The number of imidazole rings is 1. The molecule has 1 heterocycles. The van der Waals surface area contributed by atoms with E-state index in [4.69, 9.17) is 4.74 Å². The summed E-state index contributed by atoms with van der Waals surface area (Å²) in [4.78, 5) is 28.5. The van der Waals surface area contributed by atoms with Crippen LogP contribution in [0, 0.1) is 6.92 Å². The Morgan fingerprint density at radius 3 is 2.59 bits per heavy atom. The zero-order chi connectivity index (χ0) is 19.2. The summed E-state index contributed by atoms with van der Waals surface area (Å²) in [7, 11) is 1.77. The SMILES string of the molecule is Cc1cccc(OCCC(=O)Nc2ccc(C(=O)c3nccn3C)cc2)c1. The van der Waals surface area contributed by atoms with Crippen molar-refractivity contribution >= 4 is 17.4 Å². The van der Waals surface area contributed by atoms with E-state index in [-0.39, 0.29) is 18.1 Å². The molecule has 6 nitrogen and oxygen atoms in total. The second kappa shape index (κ2) is 8.31. The number of hydrogen-bond donors (Lipinski definition) is 1. The minimum Gasteiger partial charge on any atom is -0.493 e. The van der Waals surface area contributed by atoms with Gasteiger partial charge in [0.1, 0.15) is 5.75 Å². The Morgan fingerprint density at radius 2 is 1.93 bits per heavy atom. The molecule has 0 aliphatic carbocycles. The maximum absolute atomic E-state index is 12.4. The quantitative estimate of drug-likeness (QED) is 0.653. The van der Waals surface area contributed by atoms with Crippen molar-refractivity contribution in [2.75, 3.05) is 11.9 Å². The summed E-state index contributed by atoms with van der Waals surface area (Å²) in [6, 6.07) is 14.5. The standard InChI is InChI=1S/C21H21N3O3/c1-15-4-3-5-18(14-15)27-13-10-19(25)23-17-8-6-16(7-9-17)20(26)21-22-11-12-24(21)2/h3-9,11-12,14H,10,13H2,1-2H3,(H,23,25). The number of aryl methyl sites for hydroxylation is 2. The fourth-order valence-electron chi connectivity index (χ4n) is 2.61. The molecule has 27 heavy (non-hydrogen) atoms. The zero-order valence-corrected chi connectivity index (χ0v) is 15.3. The number of anilines is 1. The third-order valence-corrected chi connectivity index (χ3v) is 4.04. The third kappa shape index (κ3) is 4.82. The van der Waals surface area contributed by atoms with Crippen molar-refractivity contribution < 1.29 is 14.3 Å². The van der Waals surface area contributed by atoms with E-state index in [9.17, 15) is 9.59 Å². The molecule has 1 N–H and O–H groups in total. The molecular formula is C21H21N3O3. The Hall–Kier alpha value is -3.41. The molecule has 3 rings (SSSR count). The van der Waals surface area contributed by atoms with Crippen LogP contribution in [0.15, 0.2) is 60.9 Å². The lowest BCUT2D eigenvalue weighted by Gasteiger charge is -2.08. The first-order valence-electron chi connectivity index (χ1n) is 8.64. The van der Waals surface area contributed by atoms with Gasteiger partial charge in [0, 0.05) is 30.7 Å². The first-order valence-corrected chi connectivity index (χ1v) is 8.64. The summed E-state index contributed by atoms with van der Waals surface area (Å²) < 4.78 is 7.26. The summed E-state index contributed by atoms with van der Waals surface area (Å²) in [5.74, 6) is 0.817. The summed E-state index contributed by atoms with van der Waals surface area (Å²) >= 11 is 0. The maximum Gasteiger partial charge on any atom is 0.228 e. The number of aromatic nitrogens is 2. The van der Waals surface area contributed by atoms with Crippen molar-refractivity contribution in [3.8, 4) is 5.75 Å². The predicted octanol–water partition coefficient (Wildman–Crippen LogP) is 3.37. The van der Waals surface area contributed by atoms with E-state index in [0.29, 0.717) is 23.7 Å². The van der Waals surface area contributed by atoms with Gasteiger partial charge in [0.2, 0.25) is 11.7 Å². The molecule has 0 saturated carbocycles. The van der Waals surface area contributed by atoms with Crippen molar-refractivity contribution in [3.05, 3.63) is 77.9 Å². The highest BCUT2D eigenvalue weighted by Gasteiger charge is 2.13. The van der Waals surface area contributed by atoms with E-state index in [1.165, 1.54) is 0 Å². The minimum absolute atomic E-state index is 0.147. The van der Waals surface area contributed by atoms with E-state index < -0.39 is 0 Å². The van der Waals surface area contributed by atoms with Gasteiger partial charge in [-0.2, -0.15) is 0 Å².